The van der Waals surface area contributed by atoms with Crippen molar-refractivity contribution in [3.63, 3.8) is 0 Å². The summed E-state index contributed by atoms with van der Waals surface area (Å²) in [6.07, 6.45) is 3.10. The predicted molar refractivity (Wildman–Crippen MR) is 148 cm³/mol. The van der Waals surface area contributed by atoms with Crippen LogP contribution in [0.5, 0.6) is 0 Å². The Bertz CT molecular complexity index is 1640. The van der Waals surface area contributed by atoms with Crippen molar-refractivity contribution in [1.82, 2.24) is 24.1 Å². The summed E-state index contributed by atoms with van der Waals surface area (Å²) in [4.78, 5) is 12.4. The lowest BCUT2D eigenvalue weighted by Gasteiger charge is -2.23. The van der Waals surface area contributed by atoms with E-state index in [1.807, 2.05) is 65.5 Å². The third-order valence-corrected chi connectivity index (χ3v) is 8.71. The fourth-order valence-electron chi connectivity index (χ4n) is 4.88. The Labute approximate surface area is 222 Å². The second-order valence-corrected chi connectivity index (χ2v) is 11.3. The Balaban J connectivity index is 1.37. The maximum Gasteiger partial charge on any atom is 0.243 e. The lowest BCUT2D eigenvalue weighted by atomic mass is 10.1. The molecule has 1 aliphatic rings. The highest BCUT2D eigenvalue weighted by Crippen LogP contribution is 2.28. The van der Waals surface area contributed by atoms with Gasteiger partial charge < -0.3 is 4.90 Å². The molecular formula is C29H28N6O2S. The molecule has 192 valence electrons. The first kappa shape index (κ1) is 24.3. The molecule has 8 nitrogen and oxygen atoms in total. The number of nitrogens with zero attached hydrogens (tertiary/aromatic N) is 6. The monoisotopic (exact) mass is 524 g/mol. The van der Waals surface area contributed by atoms with Crippen molar-refractivity contribution in [3.8, 4) is 5.69 Å². The van der Waals surface area contributed by atoms with E-state index in [0.717, 1.165) is 28.1 Å². The molecule has 2 aromatic heterocycles. The van der Waals surface area contributed by atoms with Gasteiger partial charge in [0.25, 0.3) is 0 Å². The van der Waals surface area contributed by atoms with Crippen molar-refractivity contribution in [3.05, 3.63) is 109 Å². The van der Waals surface area contributed by atoms with Gasteiger partial charge in [0.05, 0.1) is 22.2 Å². The number of aromatic nitrogens is 4. The van der Waals surface area contributed by atoms with Gasteiger partial charge in [-0.3, -0.25) is 0 Å². The average molecular weight is 525 g/mol. The van der Waals surface area contributed by atoms with Crippen LogP contribution in [0.15, 0.2) is 102 Å². The van der Waals surface area contributed by atoms with E-state index in [-0.39, 0.29) is 0 Å². The van der Waals surface area contributed by atoms with Crippen molar-refractivity contribution in [2.24, 2.45) is 0 Å². The minimum Gasteiger partial charge on any atom is -0.355 e. The Morgan fingerprint density at radius 2 is 1.42 bits per heavy atom. The van der Waals surface area contributed by atoms with Gasteiger partial charge in [-0.1, -0.05) is 66.7 Å². The number of rotatable bonds is 6. The first-order valence-electron chi connectivity index (χ1n) is 12.7. The summed E-state index contributed by atoms with van der Waals surface area (Å²) in [6.45, 7) is 2.05. The molecule has 38 heavy (non-hydrogen) atoms. The van der Waals surface area contributed by atoms with Crippen molar-refractivity contribution in [2.45, 2.75) is 17.7 Å². The molecule has 0 unspecified atom stereocenters. The Hall–Kier alpha value is -4.08. The molecule has 0 saturated carbocycles. The number of hydrogen-bond acceptors (Lipinski definition) is 6. The summed E-state index contributed by atoms with van der Waals surface area (Å²) in [5.74, 6) is 1.50. The Kier molecular flexibility index (Phi) is 6.61. The first-order valence-corrected chi connectivity index (χ1v) is 14.2. The maximum atomic E-state index is 13.3. The van der Waals surface area contributed by atoms with E-state index in [2.05, 4.69) is 22.1 Å². The van der Waals surface area contributed by atoms with Gasteiger partial charge >= 0.3 is 0 Å². The van der Waals surface area contributed by atoms with Gasteiger partial charge in [0.2, 0.25) is 10.0 Å². The van der Waals surface area contributed by atoms with Crippen LogP contribution in [-0.2, 0) is 16.4 Å². The number of fused-ring (bicyclic) bond motifs is 1. The molecule has 0 N–H and O–H groups in total. The van der Waals surface area contributed by atoms with Gasteiger partial charge in [0.1, 0.15) is 11.6 Å². The van der Waals surface area contributed by atoms with Crippen molar-refractivity contribution in [1.29, 1.82) is 0 Å². The van der Waals surface area contributed by atoms with Gasteiger partial charge in [-0.2, -0.15) is 9.40 Å². The molecular weight excluding hydrogens is 496 g/mol. The summed E-state index contributed by atoms with van der Waals surface area (Å²) in [5.41, 5.74) is 2.79. The minimum atomic E-state index is -3.56. The van der Waals surface area contributed by atoms with Gasteiger partial charge in [-0.15, -0.1) is 0 Å². The molecule has 9 heteroatoms. The molecule has 5 aromatic rings. The largest absolute Gasteiger partial charge is 0.355 e. The molecule has 0 aliphatic carbocycles. The zero-order chi connectivity index (χ0) is 26.0. The molecule has 1 fully saturated rings. The van der Waals surface area contributed by atoms with Crippen LogP contribution in [0.4, 0.5) is 5.82 Å². The van der Waals surface area contributed by atoms with Crippen molar-refractivity contribution >= 4 is 26.9 Å². The molecule has 0 spiro atoms. The van der Waals surface area contributed by atoms with Crippen molar-refractivity contribution in [2.75, 3.05) is 31.1 Å². The molecule has 3 heterocycles. The predicted octanol–water partition coefficient (Wildman–Crippen LogP) is 4.31. The quantitative estimate of drug-likeness (QED) is 0.329. The molecule has 1 saturated heterocycles. The highest BCUT2D eigenvalue weighted by molar-refractivity contribution is 7.89. The third kappa shape index (κ3) is 4.78. The van der Waals surface area contributed by atoms with E-state index in [9.17, 15) is 8.42 Å². The fourth-order valence-corrected chi connectivity index (χ4v) is 6.37. The van der Waals surface area contributed by atoms with E-state index < -0.39 is 10.0 Å². The zero-order valence-corrected chi connectivity index (χ0v) is 21.7. The smallest absolute Gasteiger partial charge is 0.243 e. The van der Waals surface area contributed by atoms with Crippen LogP contribution in [0.25, 0.3) is 16.7 Å². The number of sulfonamides is 1. The zero-order valence-electron chi connectivity index (χ0n) is 20.9. The second-order valence-electron chi connectivity index (χ2n) is 9.31. The average Bonchev–Trinajstić information content (AvgIpc) is 3.22. The lowest BCUT2D eigenvalue weighted by molar-refractivity contribution is 0.433. The van der Waals surface area contributed by atoms with Crippen molar-refractivity contribution < 1.29 is 8.42 Å². The van der Waals surface area contributed by atoms with E-state index >= 15 is 0 Å². The Morgan fingerprint density at radius 1 is 0.737 bits per heavy atom. The molecule has 0 amide bonds. The number of para-hydroxylation sites is 1. The molecule has 1 aliphatic heterocycles. The normalized spacial score (nSPS) is 15.0. The van der Waals surface area contributed by atoms with Crippen LogP contribution in [0.1, 0.15) is 17.8 Å². The lowest BCUT2D eigenvalue weighted by Crippen LogP contribution is -2.35. The van der Waals surface area contributed by atoms with Crippen LogP contribution < -0.4 is 4.90 Å². The summed E-state index contributed by atoms with van der Waals surface area (Å²) >= 11 is 0. The van der Waals surface area contributed by atoms with Gasteiger partial charge in [-0.25, -0.2) is 23.1 Å². The SMILES string of the molecule is O=S(=O)(c1ccccc1)N1CCCN(c2nc(Cc3ccccc3)nc3c2cnn3-c2ccccc2)CC1. The van der Waals surface area contributed by atoms with Gasteiger partial charge in [0.15, 0.2) is 5.65 Å². The third-order valence-electron chi connectivity index (χ3n) is 6.80. The van der Waals surface area contributed by atoms with Gasteiger partial charge in [0, 0.05) is 32.6 Å². The number of hydrogen-bond donors (Lipinski definition) is 0. The second kappa shape index (κ2) is 10.4. The highest BCUT2D eigenvalue weighted by atomic mass is 32.2. The molecule has 0 bridgehead atoms. The van der Waals surface area contributed by atoms with E-state index in [1.54, 1.807) is 28.6 Å². The van der Waals surface area contributed by atoms with Crippen LogP contribution >= 0.6 is 0 Å². The Morgan fingerprint density at radius 3 is 2.16 bits per heavy atom. The topological polar surface area (TPSA) is 84.2 Å². The minimum absolute atomic E-state index is 0.326. The number of benzene rings is 3. The highest BCUT2D eigenvalue weighted by Gasteiger charge is 2.28. The maximum absolute atomic E-state index is 13.3. The first-order chi connectivity index (χ1) is 18.6. The van der Waals surface area contributed by atoms with E-state index in [4.69, 9.17) is 9.97 Å². The molecule has 0 atom stereocenters. The van der Waals surface area contributed by atoms with E-state index in [1.165, 1.54) is 0 Å². The molecule has 0 radical (unpaired) electrons. The van der Waals surface area contributed by atoms with Crippen LogP contribution in [0.2, 0.25) is 0 Å². The molecule has 6 rings (SSSR count). The van der Waals surface area contributed by atoms with Crippen LogP contribution in [-0.4, -0.2) is 58.7 Å². The summed E-state index contributed by atoms with van der Waals surface area (Å²) in [6, 6.07) is 28.7. The van der Waals surface area contributed by atoms with Gasteiger partial charge in [-0.05, 0) is 36.2 Å². The van der Waals surface area contributed by atoms with Crippen LogP contribution in [0, 0.1) is 0 Å². The number of anilines is 1. The fraction of sp³-hybridized carbons (Fsp3) is 0.207. The standard InChI is InChI=1S/C29H28N6O2S/c36-38(37,25-15-8-3-9-16-25)34-18-10-17-33(19-20-34)28-26-22-30-35(24-13-6-2-7-14-24)29(26)32-27(31-28)21-23-11-4-1-5-12-23/h1-9,11-16,22H,10,17-21H2. The van der Waals surface area contributed by atoms with E-state index in [0.29, 0.717) is 49.7 Å². The summed E-state index contributed by atoms with van der Waals surface area (Å²) < 4.78 is 30.0. The summed E-state index contributed by atoms with van der Waals surface area (Å²) in [7, 11) is -3.56. The van der Waals surface area contributed by atoms with Crippen LogP contribution in [0.3, 0.4) is 0 Å². The summed E-state index contributed by atoms with van der Waals surface area (Å²) in [5, 5.41) is 5.52. The molecule has 3 aromatic carbocycles.